The number of nitriles is 1. The minimum absolute atomic E-state index is 0.101. The van der Waals surface area contributed by atoms with Crippen LogP contribution < -0.4 is 0 Å². The van der Waals surface area contributed by atoms with Gasteiger partial charge in [-0.15, -0.1) is 0 Å². The number of carbonyl (C=O) groups excluding carboxylic acids is 1. The normalized spacial score (nSPS) is 28.1. The summed E-state index contributed by atoms with van der Waals surface area (Å²) >= 11 is 0. The number of benzene rings is 1. The van der Waals surface area contributed by atoms with Crippen LogP contribution in [0.1, 0.15) is 6.42 Å². The lowest BCUT2D eigenvalue weighted by Crippen LogP contribution is -2.16. The molecule has 0 saturated heterocycles. The lowest BCUT2D eigenvalue weighted by Gasteiger charge is -2.03. The van der Waals surface area contributed by atoms with Crippen molar-refractivity contribution in [2.24, 2.45) is 5.41 Å². The number of carbonyl (C=O) groups is 1. The van der Waals surface area contributed by atoms with Crippen molar-refractivity contribution in [3.05, 3.63) is 30.3 Å². The Balaban J connectivity index is 2.39. The number of nitrogens with zero attached hydrogens (tertiary/aromatic N) is 1. The van der Waals surface area contributed by atoms with E-state index in [9.17, 15) is 13.2 Å². The van der Waals surface area contributed by atoms with Gasteiger partial charge in [0.2, 0.25) is 0 Å². The average Bonchev–Trinajstić information content (AvgIpc) is 3.06. The number of sulfone groups is 1. The Morgan fingerprint density at radius 1 is 1.38 bits per heavy atom. The van der Waals surface area contributed by atoms with Crippen molar-refractivity contribution >= 4 is 16.1 Å². The van der Waals surface area contributed by atoms with Gasteiger partial charge in [-0.3, -0.25) is 0 Å². The van der Waals surface area contributed by atoms with Crippen LogP contribution in [0.25, 0.3) is 0 Å². The van der Waals surface area contributed by atoms with Crippen molar-refractivity contribution in [1.82, 2.24) is 0 Å². The van der Waals surface area contributed by atoms with Crippen molar-refractivity contribution in [2.45, 2.75) is 16.6 Å². The van der Waals surface area contributed by atoms with E-state index >= 15 is 0 Å². The van der Waals surface area contributed by atoms with Crippen molar-refractivity contribution in [2.75, 3.05) is 0 Å². The summed E-state index contributed by atoms with van der Waals surface area (Å²) in [6.45, 7) is 0. The van der Waals surface area contributed by atoms with Gasteiger partial charge in [0.25, 0.3) is 0 Å². The third-order valence-electron chi connectivity index (χ3n) is 2.80. The van der Waals surface area contributed by atoms with E-state index in [0.717, 1.165) is 0 Å². The lowest BCUT2D eigenvalue weighted by atomic mass is 10.2. The summed E-state index contributed by atoms with van der Waals surface area (Å²) < 4.78 is 24.0. The van der Waals surface area contributed by atoms with Crippen LogP contribution in [-0.2, 0) is 14.6 Å². The summed E-state index contributed by atoms with van der Waals surface area (Å²) in [5.41, 5.74) is -1.32. The van der Waals surface area contributed by atoms with Crippen LogP contribution in [0, 0.1) is 16.7 Å². The highest BCUT2D eigenvalue weighted by Gasteiger charge is 2.62. The molecule has 1 aromatic carbocycles. The first kappa shape index (κ1) is 10.8. The maximum Gasteiger partial charge on any atom is 0.183 e. The van der Waals surface area contributed by atoms with Gasteiger partial charge in [0.05, 0.1) is 16.2 Å². The molecule has 1 aliphatic carbocycles. The minimum Gasteiger partial charge on any atom is -0.302 e. The van der Waals surface area contributed by atoms with Crippen LogP contribution in [0.2, 0.25) is 0 Å². The van der Waals surface area contributed by atoms with E-state index in [-0.39, 0.29) is 11.3 Å². The summed E-state index contributed by atoms with van der Waals surface area (Å²) in [6, 6.07) is 9.67. The van der Waals surface area contributed by atoms with Gasteiger partial charge >= 0.3 is 0 Å². The van der Waals surface area contributed by atoms with Crippen LogP contribution in [0.4, 0.5) is 0 Å². The molecule has 0 bridgehead atoms. The topological polar surface area (TPSA) is 75.0 Å². The van der Waals surface area contributed by atoms with E-state index in [1.165, 1.54) is 12.1 Å². The molecule has 0 unspecified atom stereocenters. The van der Waals surface area contributed by atoms with Crippen molar-refractivity contribution in [3.8, 4) is 6.07 Å². The van der Waals surface area contributed by atoms with Crippen LogP contribution in [0.3, 0.4) is 0 Å². The molecule has 0 heterocycles. The van der Waals surface area contributed by atoms with Gasteiger partial charge < -0.3 is 4.79 Å². The van der Waals surface area contributed by atoms with Crippen molar-refractivity contribution in [3.63, 3.8) is 0 Å². The largest absolute Gasteiger partial charge is 0.302 e. The highest BCUT2D eigenvalue weighted by atomic mass is 32.2. The molecule has 4 nitrogen and oxygen atoms in total. The Morgan fingerprint density at radius 2 is 2.00 bits per heavy atom. The van der Waals surface area contributed by atoms with Crippen molar-refractivity contribution < 1.29 is 13.2 Å². The smallest absolute Gasteiger partial charge is 0.183 e. The quantitative estimate of drug-likeness (QED) is 0.731. The minimum atomic E-state index is -3.55. The fraction of sp³-hybridized carbons (Fsp3) is 0.273. The highest BCUT2D eigenvalue weighted by molar-refractivity contribution is 7.92. The Hall–Kier alpha value is -1.67. The first-order valence-electron chi connectivity index (χ1n) is 4.73. The molecule has 0 amide bonds. The fourth-order valence-electron chi connectivity index (χ4n) is 1.68. The molecular formula is C11H9NO3S. The summed E-state index contributed by atoms with van der Waals surface area (Å²) in [7, 11) is -3.55. The Labute approximate surface area is 93.4 Å². The molecule has 0 aromatic heterocycles. The molecule has 5 heteroatoms. The summed E-state index contributed by atoms with van der Waals surface area (Å²) in [5, 5.41) is 7.91. The Bertz CT molecular complexity index is 559. The average molecular weight is 235 g/mol. The molecule has 0 radical (unpaired) electrons. The molecule has 1 aromatic rings. The Morgan fingerprint density at radius 3 is 2.44 bits per heavy atom. The van der Waals surface area contributed by atoms with Crippen molar-refractivity contribution in [1.29, 1.82) is 5.26 Å². The SMILES string of the molecule is N#C[C@]1(C=O)C[C@@H]1S(=O)(=O)c1ccccc1. The van der Waals surface area contributed by atoms with Crippen LogP contribution in [0.5, 0.6) is 0 Å². The molecule has 82 valence electrons. The maximum absolute atomic E-state index is 12.0. The summed E-state index contributed by atoms with van der Waals surface area (Å²) in [4.78, 5) is 10.9. The van der Waals surface area contributed by atoms with E-state index in [1.807, 2.05) is 0 Å². The molecule has 1 saturated carbocycles. The van der Waals surface area contributed by atoms with E-state index in [2.05, 4.69) is 0 Å². The fourth-order valence-corrected chi connectivity index (χ4v) is 3.70. The van der Waals surface area contributed by atoms with Crippen LogP contribution in [0.15, 0.2) is 35.2 Å². The van der Waals surface area contributed by atoms with Crippen LogP contribution >= 0.6 is 0 Å². The van der Waals surface area contributed by atoms with E-state index < -0.39 is 20.5 Å². The van der Waals surface area contributed by atoms with Gasteiger partial charge in [0, 0.05) is 0 Å². The predicted molar refractivity (Wildman–Crippen MR) is 56.1 cm³/mol. The van der Waals surface area contributed by atoms with E-state index in [0.29, 0.717) is 6.29 Å². The molecule has 0 spiro atoms. The third kappa shape index (κ3) is 1.42. The number of aldehydes is 1. The Kier molecular flexibility index (Phi) is 2.32. The van der Waals surface area contributed by atoms with Crippen LogP contribution in [-0.4, -0.2) is 20.0 Å². The maximum atomic E-state index is 12.0. The first-order chi connectivity index (χ1) is 7.57. The van der Waals surface area contributed by atoms with Gasteiger partial charge in [0.1, 0.15) is 11.7 Å². The zero-order valence-electron chi connectivity index (χ0n) is 8.33. The molecule has 2 rings (SSSR count). The molecule has 1 aliphatic rings. The standard InChI is InChI=1S/C11H9NO3S/c12-7-11(8-13)6-10(11)16(14,15)9-4-2-1-3-5-9/h1-5,8,10H,6H2/t10-,11-/m0/s1. The summed E-state index contributed by atoms with van der Waals surface area (Å²) in [6.07, 6.45) is 0.544. The van der Waals surface area contributed by atoms with Gasteiger partial charge in [-0.05, 0) is 18.6 Å². The predicted octanol–water partition coefficient (Wildman–Crippen LogP) is 0.941. The number of rotatable bonds is 3. The number of hydrogen-bond donors (Lipinski definition) is 0. The van der Waals surface area contributed by atoms with Gasteiger partial charge in [-0.1, -0.05) is 18.2 Å². The zero-order valence-corrected chi connectivity index (χ0v) is 9.15. The second-order valence-corrected chi connectivity index (χ2v) is 5.95. The van der Waals surface area contributed by atoms with E-state index in [1.54, 1.807) is 24.3 Å². The van der Waals surface area contributed by atoms with Gasteiger partial charge in [-0.25, -0.2) is 8.42 Å². The third-order valence-corrected chi connectivity index (χ3v) is 5.07. The zero-order chi connectivity index (χ0) is 11.8. The summed E-state index contributed by atoms with van der Waals surface area (Å²) in [5.74, 6) is 0. The number of hydrogen-bond acceptors (Lipinski definition) is 4. The second kappa shape index (κ2) is 3.42. The molecule has 16 heavy (non-hydrogen) atoms. The molecule has 0 N–H and O–H groups in total. The van der Waals surface area contributed by atoms with Gasteiger partial charge in [0.15, 0.2) is 9.84 Å². The second-order valence-electron chi connectivity index (χ2n) is 3.82. The first-order valence-corrected chi connectivity index (χ1v) is 6.28. The molecule has 2 atom stereocenters. The molecular weight excluding hydrogens is 226 g/mol. The lowest BCUT2D eigenvalue weighted by molar-refractivity contribution is -0.110. The molecule has 1 fully saturated rings. The molecule has 0 aliphatic heterocycles. The highest BCUT2D eigenvalue weighted by Crippen LogP contribution is 2.50. The monoisotopic (exact) mass is 235 g/mol. The van der Waals surface area contributed by atoms with E-state index in [4.69, 9.17) is 5.26 Å². The van der Waals surface area contributed by atoms with Gasteiger partial charge in [-0.2, -0.15) is 5.26 Å².